The zero-order chi connectivity index (χ0) is 37.1. The fraction of sp³-hybridized carbons (Fsp3) is 0.0909. The van der Waals surface area contributed by atoms with Crippen LogP contribution in [0.25, 0.3) is 91.4 Å². The maximum atomic E-state index is 2.46. The summed E-state index contributed by atoms with van der Waals surface area (Å²) >= 11 is 1.90. The van der Waals surface area contributed by atoms with E-state index in [9.17, 15) is 0 Å². The van der Waals surface area contributed by atoms with E-state index >= 15 is 0 Å². The van der Waals surface area contributed by atoms with Crippen LogP contribution in [0.15, 0.2) is 182 Å². The predicted molar refractivity (Wildman–Crippen MR) is 243 cm³/mol. The van der Waals surface area contributed by atoms with E-state index in [4.69, 9.17) is 0 Å². The average molecular weight is 731 g/mol. The van der Waals surface area contributed by atoms with Gasteiger partial charge >= 0.3 is 0 Å². The molecule has 56 heavy (non-hydrogen) atoms. The molecule has 0 bridgehead atoms. The van der Waals surface area contributed by atoms with Gasteiger partial charge in [-0.15, -0.1) is 11.3 Å². The summed E-state index contributed by atoms with van der Waals surface area (Å²) < 4.78 is 2.72. The molecule has 3 aliphatic rings. The standard InChI is InChI=1S/C55H38S/c1-55(2)48-29-25-35(32-47(48)45-27-26-43-44(54(45)55)28-30-50-53(43)46-22-9-10-24-49(46)56-50)34-15-11-16-36(31-34)51-39-18-5-7-20-41(39)52(42-21-8-6-19-40(42)51)38-23-12-14-33-13-3-4-17-37(33)38/h3-33,37H,1-2H3. The monoisotopic (exact) mass is 730 g/mol. The van der Waals surface area contributed by atoms with E-state index in [1.807, 2.05) is 11.3 Å². The van der Waals surface area contributed by atoms with E-state index in [1.54, 1.807) is 0 Å². The second-order valence-electron chi connectivity index (χ2n) is 16.3. The predicted octanol–water partition coefficient (Wildman–Crippen LogP) is 15.5. The minimum absolute atomic E-state index is 0.114. The van der Waals surface area contributed by atoms with Crippen molar-refractivity contribution >= 4 is 69.4 Å². The van der Waals surface area contributed by atoms with Crippen LogP contribution in [0.2, 0.25) is 0 Å². The van der Waals surface area contributed by atoms with E-state index in [0.29, 0.717) is 11.8 Å². The summed E-state index contributed by atoms with van der Waals surface area (Å²) in [6, 6.07) is 52.9. The number of allylic oxidation sites excluding steroid dienone is 8. The fourth-order valence-corrected chi connectivity index (χ4v) is 11.6. The van der Waals surface area contributed by atoms with Gasteiger partial charge in [-0.25, -0.2) is 0 Å². The lowest BCUT2D eigenvalue weighted by molar-refractivity contribution is 0.666. The quantitative estimate of drug-likeness (QED) is 0.159. The van der Waals surface area contributed by atoms with Crippen molar-refractivity contribution in [3.63, 3.8) is 0 Å². The van der Waals surface area contributed by atoms with Gasteiger partial charge in [0.15, 0.2) is 0 Å². The number of fused-ring (bicyclic) bond motifs is 12. The van der Waals surface area contributed by atoms with Gasteiger partial charge in [0.1, 0.15) is 0 Å². The zero-order valence-corrected chi connectivity index (χ0v) is 32.2. The highest BCUT2D eigenvalue weighted by molar-refractivity contribution is 7.26. The smallest absolute Gasteiger partial charge is 0.0361 e. The fourth-order valence-electron chi connectivity index (χ4n) is 10.5. The second kappa shape index (κ2) is 11.9. The van der Waals surface area contributed by atoms with Crippen LogP contribution >= 0.6 is 11.3 Å². The van der Waals surface area contributed by atoms with Crippen molar-refractivity contribution in [1.29, 1.82) is 0 Å². The van der Waals surface area contributed by atoms with E-state index in [0.717, 1.165) is 0 Å². The molecule has 2 atom stereocenters. The molecule has 1 heterocycles. The number of benzene rings is 8. The molecule has 0 N–H and O–H groups in total. The van der Waals surface area contributed by atoms with Crippen molar-refractivity contribution in [2.24, 2.45) is 11.8 Å². The Morgan fingerprint density at radius 3 is 1.93 bits per heavy atom. The van der Waals surface area contributed by atoms with Crippen molar-refractivity contribution in [1.82, 2.24) is 0 Å². The van der Waals surface area contributed by atoms with Crippen molar-refractivity contribution in [3.8, 4) is 33.4 Å². The number of thiophene rings is 1. The van der Waals surface area contributed by atoms with Gasteiger partial charge in [0, 0.05) is 37.4 Å². The Morgan fingerprint density at radius 1 is 0.464 bits per heavy atom. The van der Waals surface area contributed by atoms with Crippen LogP contribution in [0.3, 0.4) is 0 Å². The lowest BCUT2D eigenvalue weighted by atomic mass is 9.74. The molecule has 264 valence electrons. The molecule has 0 saturated heterocycles. The van der Waals surface area contributed by atoms with Crippen LogP contribution in [-0.2, 0) is 5.41 Å². The minimum atomic E-state index is -0.114. The summed E-state index contributed by atoms with van der Waals surface area (Å²) in [7, 11) is 0. The third kappa shape index (κ3) is 4.47. The maximum absolute atomic E-state index is 2.46. The number of hydrogen-bond donors (Lipinski definition) is 0. The first-order chi connectivity index (χ1) is 27.5. The molecule has 12 rings (SSSR count). The second-order valence-corrected chi connectivity index (χ2v) is 17.4. The molecular formula is C55H38S. The first kappa shape index (κ1) is 32.0. The molecule has 0 amide bonds. The Hall–Kier alpha value is -6.28. The molecule has 0 saturated carbocycles. The summed E-state index contributed by atoms with van der Waals surface area (Å²) in [6.45, 7) is 4.82. The molecule has 0 radical (unpaired) electrons. The average Bonchev–Trinajstić information content (AvgIpc) is 3.74. The Balaban J connectivity index is 1.02. The molecule has 1 heteroatoms. The summed E-state index contributed by atoms with van der Waals surface area (Å²) in [6.07, 6.45) is 16.1. The van der Waals surface area contributed by atoms with Gasteiger partial charge in [-0.3, -0.25) is 0 Å². The molecule has 8 aromatic carbocycles. The molecule has 0 nitrogen and oxygen atoms in total. The highest BCUT2D eigenvalue weighted by atomic mass is 32.1. The third-order valence-electron chi connectivity index (χ3n) is 13.0. The van der Waals surface area contributed by atoms with Crippen molar-refractivity contribution in [2.45, 2.75) is 19.3 Å². The van der Waals surface area contributed by atoms with Crippen molar-refractivity contribution in [2.75, 3.05) is 0 Å². The summed E-state index contributed by atoms with van der Waals surface area (Å²) in [5.41, 5.74) is 13.2. The molecule has 0 aliphatic heterocycles. The van der Waals surface area contributed by atoms with Crippen molar-refractivity contribution in [3.05, 3.63) is 199 Å². The molecule has 9 aromatic rings. The first-order valence-corrected chi connectivity index (χ1v) is 20.7. The maximum Gasteiger partial charge on any atom is 0.0361 e. The summed E-state index contributed by atoms with van der Waals surface area (Å²) in [4.78, 5) is 0. The van der Waals surface area contributed by atoms with Gasteiger partial charge in [0.05, 0.1) is 0 Å². The van der Waals surface area contributed by atoms with Gasteiger partial charge in [-0.05, 0) is 112 Å². The highest BCUT2D eigenvalue weighted by Gasteiger charge is 2.37. The molecule has 1 aromatic heterocycles. The van der Waals surface area contributed by atoms with E-state index < -0.39 is 0 Å². The summed E-state index contributed by atoms with van der Waals surface area (Å²) in [5, 5.41) is 10.7. The molecule has 0 fully saturated rings. The Labute approximate surface area is 331 Å². The number of hydrogen-bond acceptors (Lipinski definition) is 1. The van der Waals surface area contributed by atoms with E-state index in [1.165, 1.54) is 108 Å². The minimum Gasteiger partial charge on any atom is -0.135 e. The van der Waals surface area contributed by atoms with Crippen LogP contribution in [0.5, 0.6) is 0 Å². The topological polar surface area (TPSA) is 0 Å². The highest BCUT2D eigenvalue weighted by Crippen LogP contribution is 2.54. The molecule has 0 spiro atoms. The molecule has 2 unspecified atom stereocenters. The number of rotatable bonds is 3. The van der Waals surface area contributed by atoms with Gasteiger partial charge < -0.3 is 0 Å². The first-order valence-electron chi connectivity index (χ1n) is 19.8. The normalized spacial score (nSPS) is 17.9. The molecule has 3 aliphatic carbocycles. The summed E-state index contributed by atoms with van der Waals surface area (Å²) in [5.74, 6) is 0.713. The van der Waals surface area contributed by atoms with Crippen molar-refractivity contribution < 1.29 is 0 Å². The van der Waals surface area contributed by atoms with Crippen LogP contribution in [-0.4, -0.2) is 0 Å². The lowest BCUT2D eigenvalue weighted by Crippen LogP contribution is -2.15. The van der Waals surface area contributed by atoms with Crippen LogP contribution in [0.1, 0.15) is 30.5 Å². The van der Waals surface area contributed by atoms with Gasteiger partial charge in [-0.2, -0.15) is 0 Å². The Bertz CT molecular complexity index is 3230. The van der Waals surface area contributed by atoms with Gasteiger partial charge in [-0.1, -0.05) is 172 Å². The Kier molecular flexibility index (Phi) is 6.78. The van der Waals surface area contributed by atoms with E-state index in [2.05, 4.69) is 196 Å². The van der Waals surface area contributed by atoms with Gasteiger partial charge in [0.2, 0.25) is 0 Å². The van der Waals surface area contributed by atoms with Gasteiger partial charge in [0.25, 0.3) is 0 Å². The zero-order valence-electron chi connectivity index (χ0n) is 31.4. The van der Waals surface area contributed by atoms with E-state index in [-0.39, 0.29) is 5.41 Å². The largest absolute Gasteiger partial charge is 0.135 e. The Morgan fingerprint density at radius 2 is 1.12 bits per heavy atom. The van der Waals surface area contributed by atoms with Crippen LogP contribution < -0.4 is 0 Å². The van der Waals surface area contributed by atoms with Crippen LogP contribution in [0.4, 0.5) is 0 Å². The van der Waals surface area contributed by atoms with Crippen LogP contribution in [0, 0.1) is 11.8 Å². The molecular weight excluding hydrogens is 693 g/mol. The lowest BCUT2D eigenvalue weighted by Gasteiger charge is -2.29. The SMILES string of the molecule is CC1(C)c2ccc(-c3cccc(-c4c5ccccc5c(C5=CC=CC6C=CC=CC56)c5ccccc45)c3)cc2-c2ccc3c(ccc4sc5ccccc5c43)c21. The third-order valence-corrected chi connectivity index (χ3v) is 14.1.